The van der Waals surface area contributed by atoms with Gasteiger partial charge in [-0.3, -0.25) is 15.0 Å². The molecular weight excluding hydrogens is 252 g/mol. The second-order valence-corrected chi connectivity index (χ2v) is 6.67. The van der Waals surface area contributed by atoms with E-state index in [9.17, 15) is 4.79 Å². The minimum Gasteiger partial charge on any atom is -0.333 e. The summed E-state index contributed by atoms with van der Waals surface area (Å²) in [6.07, 6.45) is 6.29. The van der Waals surface area contributed by atoms with Gasteiger partial charge in [0.1, 0.15) is 0 Å². The normalized spacial score (nSPS) is 33.5. The maximum Gasteiger partial charge on any atom is 0.224 e. The number of carbonyl (C=O) groups excluding carboxylic acids is 1. The topological polar surface area (TPSA) is 47.6 Å². The molecule has 2 saturated heterocycles. The van der Waals surface area contributed by atoms with Crippen LogP contribution in [0.5, 0.6) is 0 Å². The zero-order valence-electron chi connectivity index (χ0n) is 12.8. The van der Waals surface area contributed by atoms with Crippen LogP contribution in [0, 0.1) is 0 Å². The van der Waals surface area contributed by atoms with Crippen LogP contribution in [0.25, 0.3) is 0 Å². The summed E-state index contributed by atoms with van der Waals surface area (Å²) in [4.78, 5) is 17.2. The molecule has 0 aromatic heterocycles. The Labute approximate surface area is 122 Å². The Hall–Kier alpha value is -0.650. The van der Waals surface area contributed by atoms with E-state index in [4.69, 9.17) is 0 Å². The first-order chi connectivity index (χ1) is 9.68. The van der Waals surface area contributed by atoms with Crippen molar-refractivity contribution >= 4 is 5.91 Å². The molecule has 3 aliphatic rings. The highest BCUT2D eigenvalue weighted by molar-refractivity contribution is 5.77. The van der Waals surface area contributed by atoms with Crippen LogP contribution in [0.2, 0.25) is 0 Å². The van der Waals surface area contributed by atoms with E-state index in [1.54, 1.807) is 0 Å². The third-order valence-electron chi connectivity index (χ3n) is 5.09. The maximum atomic E-state index is 12.5. The molecule has 3 fully saturated rings. The molecule has 114 valence electrons. The Morgan fingerprint density at radius 1 is 1.25 bits per heavy atom. The number of fused-ring (bicyclic) bond motifs is 1. The Kier molecular flexibility index (Phi) is 4.29. The second kappa shape index (κ2) is 6.00. The van der Waals surface area contributed by atoms with Gasteiger partial charge < -0.3 is 10.2 Å². The summed E-state index contributed by atoms with van der Waals surface area (Å²) < 4.78 is 0. The third-order valence-corrected chi connectivity index (χ3v) is 5.09. The molecule has 2 aliphatic heterocycles. The highest BCUT2D eigenvalue weighted by Gasteiger charge is 2.42. The summed E-state index contributed by atoms with van der Waals surface area (Å²) in [5.41, 5.74) is 0. The van der Waals surface area contributed by atoms with Crippen molar-refractivity contribution in [1.82, 2.24) is 20.4 Å². The number of carbonyl (C=O) groups is 1. The van der Waals surface area contributed by atoms with Crippen molar-refractivity contribution in [3.05, 3.63) is 0 Å². The lowest BCUT2D eigenvalue weighted by Crippen LogP contribution is -2.68. The van der Waals surface area contributed by atoms with Crippen LogP contribution in [-0.2, 0) is 4.79 Å². The molecular formula is C15H28N4O. The summed E-state index contributed by atoms with van der Waals surface area (Å²) in [6.45, 7) is 6.94. The molecule has 2 atom stereocenters. The van der Waals surface area contributed by atoms with Gasteiger partial charge in [-0.25, -0.2) is 0 Å². The molecule has 0 spiro atoms. The van der Waals surface area contributed by atoms with Crippen LogP contribution in [-0.4, -0.2) is 59.8 Å². The first-order valence-corrected chi connectivity index (χ1v) is 8.19. The molecule has 2 heterocycles. The largest absolute Gasteiger partial charge is 0.333 e. The highest BCUT2D eigenvalue weighted by Crippen LogP contribution is 2.29. The van der Waals surface area contributed by atoms with E-state index in [0.717, 1.165) is 19.8 Å². The van der Waals surface area contributed by atoms with Crippen molar-refractivity contribution in [3.8, 4) is 0 Å². The summed E-state index contributed by atoms with van der Waals surface area (Å²) in [5.74, 6) is 0.320. The summed E-state index contributed by atoms with van der Waals surface area (Å²) >= 11 is 0. The van der Waals surface area contributed by atoms with Crippen molar-refractivity contribution in [2.75, 3.05) is 19.8 Å². The van der Waals surface area contributed by atoms with Crippen molar-refractivity contribution in [1.29, 1.82) is 0 Å². The van der Waals surface area contributed by atoms with Gasteiger partial charge in [-0.05, 0) is 26.7 Å². The van der Waals surface area contributed by atoms with E-state index in [0.29, 0.717) is 24.5 Å². The van der Waals surface area contributed by atoms with E-state index < -0.39 is 0 Å². The Bertz CT molecular complexity index is 354. The van der Waals surface area contributed by atoms with Crippen molar-refractivity contribution in [2.24, 2.45) is 0 Å². The third kappa shape index (κ3) is 2.59. The SMILES string of the molecule is CC(C)N1C(=O)CCN(C2CCCC2)C2NCNCC21. The zero-order chi connectivity index (χ0) is 14.1. The first-order valence-electron chi connectivity index (χ1n) is 8.19. The smallest absolute Gasteiger partial charge is 0.224 e. The minimum atomic E-state index is 0.263. The molecule has 2 N–H and O–H groups in total. The molecule has 1 amide bonds. The summed E-state index contributed by atoms with van der Waals surface area (Å²) in [6, 6.07) is 1.22. The summed E-state index contributed by atoms with van der Waals surface area (Å²) in [5, 5.41) is 7.01. The second-order valence-electron chi connectivity index (χ2n) is 6.67. The number of hydrogen-bond acceptors (Lipinski definition) is 4. The lowest BCUT2D eigenvalue weighted by atomic mass is 10.1. The molecule has 3 rings (SSSR count). The molecule has 0 bridgehead atoms. The van der Waals surface area contributed by atoms with Crippen LogP contribution in [0.1, 0.15) is 46.0 Å². The number of nitrogens with zero attached hydrogens (tertiary/aromatic N) is 2. The first kappa shape index (κ1) is 14.3. The van der Waals surface area contributed by atoms with E-state index in [1.165, 1.54) is 25.7 Å². The Balaban J connectivity index is 1.85. The number of hydrogen-bond donors (Lipinski definition) is 2. The van der Waals surface area contributed by atoms with Gasteiger partial charge in [-0.15, -0.1) is 0 Å². The van der Waals surface area contributed by atoms with Gasteiger partial charge in [-0.2, -0.15) is 0 Å². The summed E-state index contributed by atoms with van der Waals surface area (Å²) in [7, 11) is 0. The Morgan fingerprint density at radius 2 is 2.00 bits per heavy atom. The highest BCUT2D eigenvalue weighted by atomic mass is 16.2. The lowest BCUT2D eigenvalue weighted by Gasteiger charge is -2.46. The predicted molar refractivity (Wildman–Crippen MR) is 79.1 cm³/mol. The van der Waals surface area contributed by atoms with E-state index in [2.05, 4.69) is 34.3 Å². The van der Waals surface area contributed by atoms with Crippen LogP contribution >= 0.6 is 0 Å². The Morgan fingerprint density at radius 3 is 2.70 bits per heavy atom. The van der Waals surface area contributed by atoms with Gasteiger partial charge in [-0.1, -0.05) is 12.8 Å². The molecule has 5 heteroatoms. The standard InChI is InChI=1S/C15H28N4O/c1-11(2)19-13-9-16-10-17-15(13)18(8-7-14(19)20)12-5-3-4-6-12/h11-13,15-17H,3-10H2,1-2H3. The molecule has 5 nitrogen and oxygen atoms in total. The van der Waals surface area contributed by atoms with Gasteiger partial charge in [0.05, 0.1) is 12.2 Å². The van der Waals surface area contributed by atoms with E-state index in [-0.39, 0.29) is 12.1 Å². The van der Waals surface area contributed by atoms with Crippen LogP contribution in [0.4, 0.5) is 0 Å². The number of amides is 1. The average Bonchev–Trinajstić information content (AvgIpc) is 2.89. The monoisotopic (exact) mass is 280 g/mol. The van der Waals surface area contributed by atoms with Gasteiger partial charge >= 0.3 is 0 Å². The van der Waals surface area contributed by atoms with Crippen LogP contribution < -0.4 is 10.6 Å². The zero-order valence-corrected chi connectivity index (χ0v) is 12.8. The average molecular weight is 280 g/mol. The fraction of sp³-hybridized carbons (Fsp3) is 0.933. The predicted octanol–water partition coefficient (Wildman–Crippen LogP) is 0.717. The van der Waals surface area contributed by atoms with Crippen molar-refractivity contribution < 1.29 is 4.79 Å². The van der Waals surface area contributed by atoms with Gasteiger partial charge in [0.25, 0.3) is 0 Å². The molecule has 2 unspecified atom stereocenters. The molecule has 1 aliphatic carbocycles. The van der Waals surface area contributed by atoms with E-state index in [1.807, 2.05) is 0 Å². The van der Waals surface area contributed by atoms with Crippen LogP contribution in [0.3, 0.4) is 0 Å². The number of rotatable bonds is 2. The maximum absolute atomic E-state index is 12.5. The van der Waals surface area contributed by atoms with E-state index >= 15 is 0 Å². The molecule has 0 aromatic rings. The van der Waals surface area contributed by atoms with Crippen molar-refractivity contribution in [3.63, 3.8) is 0 Å². The quantitative estimate of drug-likeness (QED) is 0.782. The lowest BCUT2D eigenvalue weighted by molar-refractivity contribution is -0.135. The van der Waals surface area contributed by atoms with Gasteiger partial charge in [0, 0.05) is 38.3 Å². The van der Waals surface area contributed by atoms with Gasteiger partial charge in [0.2, 0.25) is 5.91 Å². The van der Waals surface area contributed by atoms with Crippen LogP contribution in [0.15, 0.2) is 0 Å². The molecule has 0 radical (unpaired) electrons. The molecule has 1 saturated carbocycles. The van der Waals surface area contributed by atoms with Crippen molar-refractivity contribution in [2.45, 2.75) is 70.2 Å². The minimum absolute atomic E-state index is 0.263. The fourth-order valence-corrected chi connectivity index (χ4v) is 4.23. The fourth-order valence-electron chi connectivity index (χ4n) is 4.23. The van der Waals surface area contributed by atoms with Gasteiger partial charge in [0.15, 0.2) is 0 Å². The molecule has 0 aromatic carbocycles. The molecule has 20 heavy (non-hydrogen) atoms. The number of nitrogens with one attached hydrogen (secondary N) is 2.